The first-order chi connectivity index (χ1) is 7.35. The lowest BCUT2D eigenvalue weighted by Crippen LogP contribution is -2.29. The molecule has 1 aromatic carbocycles. The monoisotopic (exact) mass is 239 g/mol. The van der Waals surface area contributed by atoms with E-state index in [9.17, 15) is 4.79 Å². The standard InChI is InChI=1S/C11H17NO3Si/c1-14-11(13)8-6-5-7-9(10(8)12)15-16(2,3)4/h5-7H,12H2,1-4H3. The van der Waals surface area contributed by atoms with Crippen LogP contribution in [0.2, 0.25) is 19.6 Å². The molecule has 0 aliphatic rings. The summed E-state index contributed by atoms with van der Waals surface area (Å²) in [4.78, 5) is 11.4. The number of carbonyl (C=O) groups excluding carboxylic acids is 1. The van der Waals surface area contributed by atoms with Crippen molar-refractivity contribution in [2.24, 2.45) is 0 Å². The summed E-state index contributed by atoms with van der Waals surface area (Å²) in [5.41, 5.74) is 6.55. The third kappa shape index (κ3) is 3.00. The van der Waals surface area contributed by atoms with Gasteiger partial charge in [0, 0.05) is 0 Å². The lowest BCUT2D eigenvalue weighted by molar-refractivity contribution is 0.0601. The maximum atomic E-state index is 11.4. The Labute approximate surface area is 96.5 Å². The van der Waals surface area contributed by atoms with Gasteiger partial charge in [0.05, 0.1) is 18.4 Å². The van der Waals surface area contributed by atoms with Crippen LogP contribution in [0.15, 0.2) is 18.2 Å². The number of rotatable bonds is 3. The molecule has 0 aromatic heterocycles. The average molecular weight is 239 g/mol. The Hall–Kier alpha value is -1.49. The van der Waals surface area contributed by atoms with Gasteiger partial charge in [0.15, 0.2) is 0 Å². The van der Waals surface area contributed by atoms with E-state index in [0.717, 1.165) is 0 Å². The number of nitrogens with two attached hydrogens (primary N) is 1. The Morgan fingerprint density at radius 1 is 1.31 bits per heavy atom. The van der Waals surface area contributed by atoms with Gasteiger partial charge in [-0.15, -0.1) is 0 Å². The highest BCUT2D eigenvalue weighted by Crippen LogP contribution is 2.27. The van der Waals surface area contributed by atoms with E-state index in [1.54, 1.807) is 18.2 Å². The van der Waals surface area contributed by atoms with Gasteiger partial charge in [-0.2, -0.15) is 0 Å². The highest BCUT2D eigenvalue weighted by Gasteiger charge is 2.20. The second-order valence-corrected chi connectivity index (χ2v) is 8.85. The number of anilines is 1. The van der Waals surface area contributed by atoms with Gasteiger partial charge >= 0.3 is 5.97 Å². The number of para-hydroxylation sites is 1. The summed E-state index contributed by atoms with van der Waals surface area (Å²) in [6.07, 6.45) is 0. The molecule has 5 heteroatoms. The molecule has 0 saturated carbocycles. The first-order valence-electron chi connectivity index (χ1n) is 5.01. The number of ether oxygens (including phenoxy) is 1. The number of hydrogen-bond acceptors (Lipinski definition) is 4. The zero-order valence-corrected chi connectivity index (χ0v) is 11.0. The molecule has 0 fully saturated rings. The molecule has 0 aliphatic carbocycles. The van der Waals surface area contributed by atoms with Gasteiger partial charge in [-0.25, -0.2) is 4.79 Å². The third-order valence-corrected chi connectivity index (χ3v) is 2.72. The van der Waals surface area contributed by atoms with Gasteiger partial charge < -0.3 is 14.9 Å². The molecule has 0 unspecified atom stereocenters. The highest BCUT2D eigenvalue weighted by atomic mass is 28.4. The van der Waals surface area contributed by atoms with Crippen molar-refractivity contribution >= 4 is 20.0 Å². The Balaban J connectivity index is 3.09. The normalized spacial score (nSPS) is 11.0. The second-order valence-electron chi connectivity index (χ2n) is 4.42. The molecule has 1 rings (SSSR count). The van der Waals surface area contributed by atoms with Gasteiger partial charge in [-0.3, -0.25) is 0 Å². The molecule has 16 heavy (non-hydrogen) atoms. The predicted octanol–water partition coefficient (Wildman–Crippen LogP) is 2.27. The third-order valence-electron chi connectivity index (χ3n) is 1.89. The number of carbonyl (C=O) groups is 1. The van der Waals surface area contributed by atoms with E-state index in [1.165, 1.54) is 7.11 Å². The minimum atomic E-state index is -1.73. The molecule has 2 N–H and O–H groups in total. The maximum absolute atomic E-state index is 11.4. The topological polar surface area (TPSA) is 61.5 Å². The Kier molecular flexibility index (Phi) is 3.59. The molecular formula is C11H17NO3Si. The van der Waals surface area contributed by atoms with E-state index in [0.29, 0.717) is 17.0 Å². The molecule has 0 heterocycles. The van der Waals surface area contributed by atoms with Gasteiger partial charge in [0.1, 0.15) is 5.75 Å². The Bertz CT molecular complexity index is 399. The first kappa shape index (κ1) is 12.6. The van der Waals surface area contributed by atoms with Crippen molar-refractivity contribution < 1.29 is 14.0 Å². The number of hydrogen-bond donors (Lipinski definition) is 1. The number of nitrogen functional groups attached to an aromatic ring is 1. The summed E-state index contributed by atoms with van der Waals surface area (Å²) in [5.74, 6) is 0.112. The Morgan fingerprint density at radius 3 is 2.44 bits per heavy atom. The summed E-state index contributed by atoms with van der Waals surface area (Å²) >= 11 is 0. The van der Waals surface area contributed by atoms with Crippen LogP contribution >= 0.6 is 0 Å². The maximum Gasteiger partial charge on any atom is 0.340 e. The molecule has 88 valence electrons. The van der Waals surface area contributed by atoms with E-state index >= 15 is 0 Å². The molecule has 0 atom stereocenters. The lowest BCUT2D eigenvalue weighted by atomic mass is 10.2. The fourth-order valence-corrected chi connectivity index (χ4v) is 2.09. The van der Waals surface area contributed by atoms with E-state index in [-0.39, 0.29) is 0 Å². The fraction of sp³-hybridized carbons (Fsp3) is 0.364. The molecule has 0 spiro atoms. The SMILES string of the molecule is COC(=O)c1cccc(O[Si](C)(C)C)c1N. The van der Waals surface area contributed by atoms with Crippen LogP contribution in [-0.2, 0) is 4.74 Å². The molecule has 0 radical (unpaired) electrons. The fourth-order valence-electron chi connectivity index (χ4n) is 1.25. The molecule has 0 bridgehead atoms. The van der Waals surface area contributed by atoms with Crippen LogP contribution in [0, 0.1) is 0 Å². The summed E-state index contributed by atoms with van der Waals surface area (Å²) in [7, 11) is -0.402. The number of methoxy groups -OCH3 is 1. The zero-order valence-electron chi connectivity index (χ0n) is 10.0. The largest absolute Gasteiger partial charge is 0.543 e. The summed E-state index contributed by atoms with van der Waals surface area (Å²) in [6, 6.07) is 5.12. The van der Waals surface area contributed by atoms with Crippen molar-refractivity contribution in [2.45, 2.75) is 19.6 Å². The molecule has 0 saturated heterocycles. The average Bonchev–Trinajstić information content (AvgIpc) is 2.18. The summed E-state index contributed by atoms with van der Waals surface area (Å²) in [6.45, 7) is 6.16. The van der Waals surface area contributed by atoms with E-state index in [1.807, 2.05) is 0 Å². The second kappa shape index (κ2) is 4.57. The smallest absolute Gasteiger partial charge is 0.340 e. The van der Waals surface area contributed by atoms with Crippen molar-refractivity contribution in [3.63, 3.8) is 0 Å². The van der Waals surface area contributed by atoms with Crippen LogP contribution in [0.5, 0.6) is 5.75 Å². The molecule has 1 aromatic rings. The van der Waals surface area contributed by atoms with Crippen LogP contribution in [0.4, 0.5) is 5.69 Å². The molecular weight excluding hydrogens is 222 g/mol. The van der Waals surface area contributed by atoms with E-state index in [2.05, 4.69) is 24.4 Å². The predicted molar refractivity (Wildman–Crippen MR) is 66.2 cm³/mol. The van der Waals surface area contributed by atoms with Crippen molar-refractivity contribution in [3.8, 4) is 5.75 Å². The minimum Gasteiger partial charge on any atom is -0.543 e. The van der Waals surface area contributed by atoms with Crippen molar-refractivity contribution in [3.05, 3.63) is 23.8 Å². The Morgan fingerprint density at radius 2 is 1.94 bits per heavy atom. The van der Waals surface area contributed by atoms with Crippen LogP contribution in [-0.4, -0.2) is 21.4 Å². The van der Waals surface area contributed by atoms with Crippen LogP contribution in [0.25, 0.3) is 0 Å². The van der Waals surface area contributed by atoms with Gasteiger partial charge in [-0.05, 0) is 31.8 Å². The zero-order chi connectivity index (χ0) is 12.3. The van der Waals surface area contributed by atoms with Crippen LogP contribution in [0.1, 0.15) is 10.4 Å². The van der Waals surface area contributed by atoms with E-state index in [4.69, 9.17) is 10.2 Å². The highest BCUT2D eigenvalue weighted by molar-refractivity contribution is 6.70. The van der Waals surface area contributed by atoms with Crippen LogP contribution in [0.3, 0.4) is 0 Å². The summed E-state index contributed by atoms with van der Waals surface area (Å²) < 4.78 is 10.4. The first-order valence-corrected chi connectivity index (χ1v) is 8.42. The number of esters is 1. The minimum absolute atomic E-state index is 0.344. The van der Waals surface area contributed by atoms with Gasteiger partial charge in [0.2, 0.25) is 8.32 Å². The van der Waals surface area contributed by atoms with Gasteiger partial charge in [0.25, 0.3) is 0 Å². The molecule has 0 amide bonds. The molecule has 4 nitrogen and oxygen atoms in total. The van der Waals surface area contributed by atoms with Crippen LogP contribution < -0.4 is 10.2 Å². The lowest BCUT2D eigenvalue weighted by Gasteiger charge is -2.21. The van der Waals surface area contributed by atoms with E-state index < -0.39 is 14.3 Å². The van der Waals surface area contributed by atoms with Gasteiger partial charge in [-0.1, -0.05) is 6.07 Å². The van der Waals surface area contributed by atoms with Crippen molar-refractivity contribution in [2.75, 3.05) is 12.8 Å². The summed E-state index contributed by atoms with van der Waals surface area (Å²) in [5, 5.41) is 0. The number of benzene rings is 1. The quantitative estimate of drug-likeness (QED) is 0.499. The van der Waals surface area contributed by atoms with Crippen molar-refractivity contribution in [1.29, 1.82) is 0 Å². The van der Waals surface area contributed by atoms with Crippen molar-refractivity contribution in [1.82, 2.24) is 0 Å². The molecule has 0 aliphatic heterocycles.